The zero-order valence-electron chi connectivity index (χ0n) is 27.9. The lowest BCUT2D eigenvalue weighted by Crippen LogP contribution is -2.36. The molecule has 4 nitrogen and oxygen atoms in total. The number of rotatable bonds is 9. The van der Waals surface area contributed by atoms with Crippen LogP contribution in [0.2, 0.25) is 0 Å². The monoisotopic (exact) mass is 696 g/mol. The molecule has 0 aliphatic carbocycles. The van der Waals surface area contributed by atoms with Gasteiger partial charge in [-0.15, -0.1) is 11.3 Å². The van der Waals surface area contributed by atoms with E-state index in [2.05, 4.69) is 164 Å². The van der Waals surface area contributed by atoms with E-state index in [1.165, 1.54) is 43.4 Å². The van der Waals surface area contributed by atoms with Gasteiger partial charge in [0.2, 0.25) is 5.69 Å². The van der Waals surface area contributed by atoms with Crippen LogP contribution in [-0.4, -0.2) is 16.0 Å². The Kier molecular flexibility index (Phi) is 9.94. The van der Waals surface area contributed by atoms with Gasteiger partial charge in [0.1, 0.15) is 16.1 Å². The van der Waals surface area contributed by atoms with E-state index in [9.17, 15) is 4.79 Å². The minimum atomic E-state index is 0.0485. The van der Waals surface area contributed by atoms with E-state index in [-0.39, 0.29) is 5.56 Å². The smallest absolute Gasteiger partial charge is 0.269 e. The Hall–Kier alpha value is -4.69. The lowest BCUT2D eigenvalue weighted by molar-refractivity contribution is -0.679. The van der Waals surface area contributed by atoms with Crippen LogP contribution in [0, 0.1) is 0 Å². The van der Waals surface area contributed by atoms with E-state index < -0.39 is 0 Å². The molecule has 0 radical (unpaired) electrons. The summed E-state index contributed by atoms with van der Waals surface area (Å²) in [5.74, 6) is 0. The van der Waals surface area contributed by atoms with Gasteiger partial charge in [-0.05, 0) is 61.7 Å². The molecule has 3 heterocycles. The number of aromatic nitrogens is 2. The van der Waals surface area contributed by atoms with E-state index in [1.807, 2.05) is 10.6 Å². The van der Waals surface area contributed by atoms with Crippen LogP contribution in [0.4, 0.5) is 0 Å². The molecule has 6 aromatic rings. The van der Waals surface area contributed by atoms with Crippen molar-refractivity contribution in [2.24, 2.45) is 0 Å². The van der Waals surface area contributed by atoms with Crippen LogP contribution < -0.4 is 19.3 Å². The number of allylic oxidation sites excluding steroid dienone is 1. The minimum absolute atomic E-state index is 0.0485. The molecular weight excluding hydrogens is 659 g/mol. The van der Waals surface area contributed by atoms with Gasteiger partial charge in [-0.1, -0.05) is 132 Å². The first-order valence-electron chi connectivity index (χ1n) is 16.7. The fraction of sp³-hybridized carbons (Fsp3) is 0.143. The first-order chi connectivity index (χ1) is 24.1. The van der Waals surface area contributed by atoms with Gasteiger partial charge in [0, 0.05) is 23.6 Å². The van der Waals surface area contributed by atoms with E-state index in [1.54, 1.807) is 34.4 Å². The summed E-state index contributed by atoms with van der Waals surface area (Å²) in [6.45, 7) is 8.67. The lowest BCUT2D eigenvalue weighted by atomic mass is 10.1. The summed E-state index contributed by atoms with van der Waals surface area (Å²) < 4.78 is 5.98. The van der Waals surface area contributed by atoms with E-state index >= 15 is 0 Å². The first-order valence-corrected chi connectivity index (χ1v) is 19.2. The molecule has 0 amide bonds. The van der Waals surface area contributed by atoms with Crippen LogP contribution in [0.15, 0.2) is 137 Å². The Labute approximate surface area is 300 Å². The second kappa shape index (κ2) is 14.8. The first kappa shape index (κ1) is 32.8. The van der Waals surface area contributed by atoms with Crippen LogP contribution >= 0.6 is 34.4 Å². The molecular formula is C42H38N3OS3+. The van der Waals surface area contributed by atoms with E-state index in [0.29, 0.717) is 6.54 Å². The predicted octanol–water partition coefficient (Wildman–Crippen LogP) is 8.68. The SMILES string of the molecule is CCN1C(=CC=c2sc(=Cc3sc(-c4ccccc4)c(-c4ccccc4)[n+]3CC)n(CC)c2=O)SC(c2ccccc2)=C1c1ccccc1. The van der Waals surface area contributed by atoms with Crippen LogP contribution in [0.1, 0.15) is 36.9 Å². The highest BCUT2D eigenvalue weighted by atomic mass is 32.2. The maximum atomic E-state index is 13.9. The molecule has 2 aromatic heterocycles. The minimum Gasteiger partial charge on any atom is -0.335 e. The van der Waals surface area contributed by atoms with Crippen molar-refractivity contribution in [2.45, 2.75) is 33.9 Å². The number of hydrogen-bond acceptors (Lipinski definition) is 5. The number of thiazole rings is 2. The quantitative estimate of drug-likeness (QED) is 0.142. The maximum absolute atomic E-state index is 13.9. The van der Waals surface area contributed by atoms with Crippen molar-refractivity contribution in [3.05, 3.63) is 168 Å². The number of hydrogen-bond donors (Lipinski definition) is 0. The molecule has 0 N–H and O–H groups in total. The van der Waals surface area contributed by atoms with Gasteiger partial charge >= 0.3 is 0 Å². The summed E-state index contributed by atoms with van der Waals surface area (Å²) in [4.78, 5) is 18.7. The van der Waals surface area contributed by atoms with Crippen molar-refractivity contribution >= 4 is 57.2 Å². The van der Waals surface area contributed by atoms with Crippen molar-refractivity contribution in [3.8, 4) is 21.7 Å². The van der Waals surface area contributed by atoms with Gasteiger partial charge in [0.25, 0.3) is 10.6 Å². The van der Waals surface area contributed by atoms with Crippen molar-refractivity contribution in [1.29, 1.82) is 0 Å². The molecule has 7 rings (SSSR count). The highest BCUT2D eigenvalue weighted by Crippen LogP contribution is 2.50. The fourth-order valence-electron chi connectivity index (χ4n) is 6.29. The number of nitrogens with zero attached hydrogens (tertiary/aromatic N) is 3. The second-order valence-corrected chi connectivity index (χ2v) is 14.6. The summed E-state index contributed by atoms with van der Waals surface area (Å²) in [6, 6.07) is 42.4. The van der Waals surface area contributed by atoms with Gasteiger partial charge in [0.15, 0.2) is 0 Å². The highest BCUT2D eigenvalue weighted by molar-refractivity contribution is 8.12. The molecule has 1 aliphatic heterocycles. The van der Waals surface area contributed by atoms with Gasteiger partial charge in [-0.2, -0.15) is 4.57 Å². The number of thioether (sulfide) groups is 1. The summed E-state index contributed by atoms with van der Waals surface area (Å²) in [6.07, 6.45) is 6.35. The van der Waals surface area contributed by atoms with Crippen molar-refractivity contribution in [3.63, 3.8) is 0 Å². The average molecular weight is 697 g/mol. The predicted molar refractivity (Wildman–Crippen MR) is 210 cm³/mol. The van der Waals surface area contributed by atoms with Crippen LogP contribution in [0.5, 0.6) is 0 Å². The van der Waals surface area contributed by atoms with E-state index in [0.717, 1.165) is 32.3 Å². The maximum Gasteiger partial charge on any atom is 0.269 e. The van der Waals surface area contributed by atoms with Crippen molar-refractivity contribution in [1.82, 2.24) is 9.47 Å². The Morgan fingerprint density at radius 2 is 1.22 bits per heavy atom. The van der Waals surface area contributed by atoms with Crippen LogP contribution in [0.25, 0.3) is 44.5 Å². The number of benzene rings is 4. The molecule has 0 saturated heterocycles. The molecule has 49 heavy (non-hydrogen) atoms. The third-order valence-corrected chi connectivity index (χ3v) is 12.0. The normalized spacial score (nSPS) is 14.8. The van der Waals surface area contributed by atoms with Crippen LogP contribution in [0.3, 0.4) is 0 Å². The molecule has 0 unspecified atom stereocenters. The second-order valence-electron chi connectivity index (χ2n) is 11.5. The largest absolute Gasteiger partial charge is 0.335 e. The summed E-state index contributed by atoms with van der Waals surface area (Å²) in [5.41, 5.74) is 7.22. The summed E-state index contributed by atoms with van der Waals surface area (Å²) in [5, 5.41) is 2.24. The van der Waals surface area contributed by atoms with Crippen molar-refractivity contribution in [2.75, 3.05) is 6.54 Å². The molecule has 0 atom stereocenters. The Morgan fingerprint density at radius 1 is 0.653 bits per heavy atom. The van der Waals surface area contributed by atoms with E-state index in [4.69, 9.17) is 0 Å². The van der Waals surface area contributed by atoms with Gasteiger partial charge in [-0.25, -0.2) is 0 Å². The molecule has 0 spiro atoms. The molecule has 0 fully saturated rings. The molecule has 244 valence electrons. The average Bonchev–Trinajstić information content (AvgIpc) is 3.82. The standard InChI is InChI=1S/C42H38N3OS3/c1-4-43-35(48-40(32-23-15-9-16-24-32)38(43)30-19-11-7-12-20-30)28-27-34-42(46)45(6-3)37(47-34)29-36-44(5-2)39(31-21-13-8-14-22-31)41(49-36)33-25-17-10-18-26-33/h7-29H,4-6H2,1-3H3/q+1. The zero-order chi connectivity index (χ0) is 33.7. The zero-order valence-corrected chi connectivity index (χ0v) is 30.3. The Balaban J connectivity index is 1.34. The molecule has 0 bridgehead atoms. The molecule has 1 aliphatic rings. The Morgan fingerprint density at radius 3 is 1.80 bits per heavy atom. The molecule has 4 aromatic carbocycles. The molecule has 7 heteroatoms. The molecule has 0 saturated carbocycles. The van der Waals surface area contributed by atoms with Crippen LogP contribution in [-0.2, 0) is 13.1 Å². The third-order valence-electron chi connectivity index (χ3n) is 8.59. The lowest BCUT2D eigenvalue weighted by Gasteiger charge is -2.21. The van der Waals surface area contributed by atoms with Gasteiger partial charge in [0.05, 0.1) is 21.3 Å². The summed E-state index contributed by atoms with van der Waals surface area (Å²) in [7, 11) is 0. The topological polar surface area (TPSA) is 29.1 Å². The Bertz CT molecular complexity index is 2320. The van der Waals surface area contributed by atoms with Crippen molar-refractivity contribution < 1.29 is 4.57 Å². The van der Waals surface area contributed by atoms with Gasteiger partial charge in [-0.3, -0.25) is 9.36 Å². The summed E-state index contributed by atoms with van der Waals surface area (Å²) >= 11 is 5.12. The van der Waals surface area contributed by atoms with Gasteiger partial charge < -0.3 is 4.90 Å². The highest BCUT2D eigenvalue weighted by Gasteiger charge is 2.29. The fourth-order valence-corrected chi connectivity index (χ4v) is 9.96. The third kappa shape index (κ3) is 6.54.